The zero-order chi connectivity index (χ0) is 14.9. The average Bonchev–Trinajstić information content (AvgIpc) is 2.41. The second-order valence-corrected chi connectivity index (χ2v) is 5.06. The number of nitrogens with zero attached hydrogens (tertiary/aromatic N) is 1. The summed E-state index contributed by atoms with van der Waals surface area (Å²) in [5.74, 6) is -0.943. The average molecular weight is 278 g/mol. The molecule has 1 fully saturated rings. The van der Waals surface area contributed by atoms with E-state index in [-0.39, 0.29) is 17.5 Å². The minimum atomic E-state index is -0.650. The predicted molar refractivity (Wildman–Crippen MR) is 74.9 cm³/mol. The fraction of sp³-hybridized carbons (Fsp3) is 0.467. The fourth-order valence-corrected chi connectivity index (χ4v) is 2.51. The number of aryl methyl sites for hydroxylation is 1. The molecule has 0 aliphatic carbocycles. The van der Waals surface area contributed by atoms with Crippen molar-refractivity contribution in [3.8, 4) is 0 Å². The van der Waals surface area contributed by atoms with Gasteiger partial charge in [-0.05, 0) is 37.5 Å². The van der Waals surface area contributed by atoms with E-state index in [1.807, 2.05) is 13.8 Å². The lowest BCUT2D eigenvalue weighted by atomic mass is 10.0. The number of halogens is 1. The molecule has 1 aromatic carbocycles. The number of carbonyl (C=O) groups is 2. The van der Waals surface area contributed by atoms with Gasteiger partial charge in [-0.1, -0.05) is 19.9 Å². The second kappa shape index (κ2) is 5.61. The van der Waals surface area contributed by atoms with E-state index < -0.39 is 17.9 Å². The highest BCUT2D eigenvalue weighted by molar-refractivity contribution is 6.08. The van der Waals surface area contributed by atoms with Crippen LogP contribution in [0.4, 0.5) is 10.1 Å². The van der Waals surface area contributed by atoms with Crippen LogP contribution in [-0.2, 0) is 9.59 Å². The molecule has 2 amide bonds. The van der Waals surface area contributed by atoms with Crippen LogP contribution in [0.25, 0.3) is 0 Å². The molecule has 1 N–H and O–H groups in total. The number of benzene rings is 1. The zero-order valence-corrected chi connectivity index (χ0v) is 11.9. The number of hydrogen-bond donors (Lipinski definition) is 1. The molecule has 0 bridgehead atoms. The fourth-order valence-electron chi connectivity index (χ4n) is 2.51. The quantitative estimate of drug-likeness (QED) is 0.921. The highest BCUT2D eigenvalue weighted by atomic mass is 19.1. The van der Waals surface area contributed by atoms with Crippen molar-refractivity contribution < 1.29 is 14.0 Å². The molecule has 0 spiro atoms. The molecule has 2 unspecified atom stereocenters. The Bertz CT molecular complexity index is 545. The summed E-state index contributed by atoms with van der Waals surface area (Å²) in [6, 6.07) is 3.46. The third kappa shape index (κ3) is 2.40. The lowest BCUT2D eigenvalue weighted by Crippen LogP contribution is -2.63. The van der Waals surface area contributed by atoms with E-state index in [2.05, 4.69) is 5.32 Å². The third-order valence-corrected chi connectivity index (χ3v) is 3.62. The van der Waals surface area contributed by atoms with Gasteiger partial charge in [-0.25, -0.2) is 4.39 Å². The SMILES string of the molecule is CCC1NC(=O)C(CC)N(c2ccc(C)cc2F)C1=O. The molecule has 1 aromatic rings. The first-order valence-corrected chi connectivity index (χ1v) is 6.89. The van der Waals surface area contributed by atoms with Crippen molar-refractivity contribution in [2.75, 3.05) is 4.90 Å². The second-order valence-electron chi connectivity index (χ2n) is 5.06. The van der Waals surface area contributed by atoms with E-state index in [4.69, 9.17) is 0 Å². The molecule has 4 nitrogen and oxygen atoms in total. The van der Waals surface area contributed by atoms with Crippen LogP contribution >= 0.6 is 0 Å². The molecule has 0 saturated carbocycles. The first-order valence-electron chi connectivity index (χ1n) is 6.89. The van der Waals surface area contributed by atoms with Gasteiger partial charge in [-0.2, -0.15) is 0 Å². The molecule has 5 heteroatoms. The molecular weight excluding hydrogens is 259 g/mol. The smallest absolute Gasteiger partial charge is 0.250 e. The Kier molecular flexibility index (Phi) is 4.06. The monoisotopic (exact) mass is 278 g/mol. The summed E-state index contributed by atoms with van der Waals surface area (Å²) in [6.07, 6.45) is 0.937. The molecule has 1 aliphatic heterocycles. The van der Waals surface area contributed by atoms with Crippen LogP contribution in [0, 0.1) is 12.7 Å². The van der Waals surface area contributed by atoms with E-state index in [0.29, 0.717) is 12.8 Å². The van der Waals surface area contributed by atoms with Gasteiger partial charge in [0.2, 0.25) is 11.8 Å². The maximum atomic E-state index is 14.2. The Balaban J connectivity index is 2.47. The lowest BCUT2D eigenvalue weighted by Gasteiger charge is -2.38. The van der Waals surface area contributed by atoms with E-state index in [1.54, 1.807) is 19.1 Å². The van der Waals surface area contributed by atoms with Crippen LogP contribution in [0.3, 0.4) is 0 Å². The van der Waals surface area contributed by atoms with Crippen molar-refractivity contribution in [3.05, 3.63) is 29.6 Å². The van der Waals surface area contributed by atoms with Crippen molar-refractivity contribution >= 4 is 17.5 Å². The third-order valence-electron chi connectivity index (χ3n) is 3.62. The zero-order valence-electron chi connectivity index (χ0n) is 11.9. The van der Waals surface area contributed by atoms with Crippen LogP contribution in [0.5, 0.6) is 0 Å². The van der Waals surface area contributed by atoms with Crippen LogP contribution < -0.4 is 10.2 Å². The van der Waals surface area contributed by atoms with Gasteiger partial charge in [0.25, 0.3) is 0 Å². The summed E-state index contributed by atoms with van der Waals surface area (Å²) in [5.41, 5.74) is 0.959. The summed E-state index contributed by atoms with van der Waals surface area (Å²) in [7, 11) is 0. The number of anilines is 1. The van der Waals surface area contributed by atoms with E-state index in [9.17, 15) is 14.0 Å². The van der Waals surface area contributed by atoms with Crippen molar-refractivity contribution in [1.82, 2.24) is 5.32 Å². The molecule has 0 aromatic heterocycles. The Hall–Kier alpha value is -1.91. The van der Waals surface area contributed by atoms with Crippen molar-refractivity contribution in [1.29, 1.82) is 0 Å². The standard InChI is InChI=1S/C15H19FN2O2/c1-4-11-15(20)18(12(5-2)14(19)17-11)13-7-6-9(3)8-10(13)16/h6-8,11-12H,4-5H2,1-3H3,(H,17,19). The Labute approximate surface area is 118 Å². The molecular formula is C15H19FN2O2. The van der Waals surface area contributed by atoms with Gasteiger partial charge >= 0.3 is 0 Å². The van der Waals surface area contributed by atoms with E-state index in [1.165, 1.54) is 11.0 Å². The summed E-state index contributed by atoms with van der Waals surface area (Å²) in [4.78, 5) is 25.8. The number of hydrogen-bond acceptors (Lipinski definition) is 2. The summed E-state index contributed by atoms with van der Waals surface area (Å²) in [6.45, 7) is 5.41. The number of nitrogens with one attached hydrogen (secondary N) is 1. The Morgan fingerprint density at radius 3 is 2.50 bits per heavy atom. The first-order chi connectivity index (χ1) is 9.49. The Morgan fingerprint density at radius 1 is 1.25 bits per heavy atom. The molecule has 108 valence electrons. The van der Waals surface area contributed by atoms with Gasteiger partial charge in [-0.3, -0.25) is 14.5 Å². The van der Waals surface area contributed by atoms with Crippen LogP contribution in [0.1, 0.15) is 32.3 Å². The van der Waals surface area contributed by atoms with Gasteiger partial charge in [-0.15, -0.1) is 0 Å². The summed E-state index contributed by atoms with van der Waals surface area (Å²) >= 11 is 0. The van der Waals surface area contributed by atoms with Gasteiger partial charge < -0.3 is 5.32 Å². The lowest BCUT2D eigenvalue weighted by molar-refractivity contribution is -0.134. The molecule has 1 heterocycles. The molecule has 1 saturated heterocycles. The summed E-state index contributed by atoms with van der Waals surface area (Å²) in [5, 5.41) is 2.69. The predicted octanol–water partition coefficient (Wildman–Crippen LogP) is 2.15. The number of amides is 2. The first kappa shape index (κ1) is 14.5. The van der Waals surface area contributed by atoms with E-state index in [0.717, 1.165) is 5.56 Å². The topological polar surface area (TPSA) is 49.4 Å². The van der Waals surface area contributed by atoms with Gasteiger partial charge in [0.05, 0.1) is 5.69 Å². The van der Waals surface area contributed by atoms with Crippen molar-refractivity contribution in [2.24, 2.45) is 0 Å². The summed E-state index contributed by atoms with van der Waals surface area (Å²) < 4.78 is 14.2. The van der Waals surface area contributed by atoms with E-state index >= 15 is 0 Å². The van der Waals surface area contributed by atoms with Crippen LogP contribution in [-0.4, -0.2) is 23.9 Å². The van der Waals surface area contributed by atoms with Crippen molar-refractivity contribution in [3.63, 3.8) is 0 Å². The number of piperazine rings is 1. The normalized spacial score (nSPS) is 22.9. The van der Waals surface area contributed by atoms with Gasteiger partial charge in [0.15, 0.2) is 0 Å². The molecule has 2 atom stereocenters. The van der Waals surface area contributed by atoms with Gasteiger partial charge in [0, 0.05) is 0 Å². The highest BCUT2D eigenvalue weighted by Gasteiger charge is 2.40. The number of carbonyl (C=O) groups excluding carboxylic acids is 2. The van der Waals surface area contributed by atoms with Crippen LogP contribution in [0.15, 0.2) is 18.2 Å². The minimum Gasteiger partial charge on any atom is -0.342 e. The highest BCUT2D eigenvalue weighted by Crippen LogP contribution is 2.27. The van der Waals surface area contributed by atoms with Gasteiger partial charge in [0.1, 0.15) is 17.9 Å². The minimum absolute atomic E-state index is 0.181. The molecule has 2 rings (SSSR count). The van der Waals surface area contributed by atoms with Crippen molar-refractivity contribution in [2.45, 2.75) is 45.7 Å². The number of rotatable bonds is 3. The van der Waals surface area contributed by atoms with Crippen LogP contribution in [0.2, 0.25) is 0 Å². The maximum Gasteiger partial charge on any atom is 0.250 e. The molecule has 0 radical (unpaired) electrons. The molecule has 20 heavy (non-hydrogen) atoms. The molecule has 1 aliphatic rings. The largest absolute Gasteiger partial charge is 0.342 e. The maximum absolute atomic E-state index is 14.2. The Morgan fingerprint density at radius 2 is 1.95 bits per heavy atom.